The van der Waals surface area contributed by atoms with Gasteiger partial charge in [0.2, 0.25) is 0 Å². The van der Waals surface area contributed by atoms with Crippen LogP contribution in [-0.4, -0.2) is 33.9 Å². The van der Waals surface area contributed by atoms with Gasteiger partial charge in [-0.2, -0.15) is 0 Å². The normalized spacial score (nSPS) is 17.5. The monoisotopic (exact) mass is 471 g/mol. The summed E-state index contributed by atoms with van der Waals surface area (Å²) in [6.45, 7) is 3.97. The predicted molar refractivity (Wildman–Crippen MR) is 131 cm³/mol. The number of fused-ring (bicyclic) bond motifs is 1. The molecule has 1 unspecified atom stereocenters. The Morgan fingerprint density at radius 3 is 2.56 bits per heavy atom. The maximum atomic E-state index is 13.3. The van der Waals surface area contributed by atoms with Crippen molar-refractivity contribution in [2.75, 3.05) is 12.0 Å². The highest BCUT2D eigenvalue weighted by Gasteiger charge is 2.48. The first kappa shape index (κ1) is 21.8. The van der Waals surface area contributed by atoms with Gasteiger partial charge in [-0.3, -0.25) is 19.5 Å². The maximum absolute atomic E-state index is 13.3. The first-order valence-electron chi connectivity index (χ1n) is 10.6. The Morgan fingerprint density at radius 2 is 1.88 bits per heavy atom. The summed E-state index contributed by atoms with van der Waals surface area (Å²) in [5.41, 5.74) is 3.87. The van der Waals surface area contributed by atoms with E-state index in [-0.39, 0.29) is 11.3 Å². The van der Waals surface area contributed by atoms with Crippen molar-refractivity contribution in [1.82, 2.24) is 9.97 Å². The second-order valence-electron chi connectivity index (χ2n) is 8.11. The van der Waals surface area contributed by atoms with Crippen LogP contribution in [-0.2, 0) is 9.59 Å². The molecule has 1 saturated heterocycles. The van der Waals surface area contributed by atoms with Crippen molar-refractivity contribution in [2.24, 2.45) is 0 Å². The van der Waals surface area contributed by atoms with E-state index in [1.165, 1.54) is 16.2 Å². The molecular formula is C26H21N3O4S. The molecule has 0 aliphatic carbocycles. The molecule has 2 aromatic carbocycles. The van der Waals surface area contributed by atoms with Crippen LogP contribution in [0.2, 0.25) is 0 Å². The third kappa shape index (κ3) is 3.52. The average Bonchev–Trinajstić information content (AvgIpc) is 3.38. The van der Waals surface area contributed by atoms with Gasteiger partial charge < -0.3 is 9.84 Å². The van der Waals surface area contributed by atoms with Crippen molar-refractivity contribution in [3.63, 3.8) is 0 Å². The smallest absolute Gasteiger partial charge is 0.301 e. The lowest BCUT2D eigenvalue weighted by molar-refractivity contribution is -0.132. The number of carbonyl (C=O) groups is 2. The Bertz CT molecular complexity index is 1460. The summed E-state index contributed by atoms with van der Waals surface area (Å²) in [7, 11) is 1.55. The van der Waals surface area contributed by atoms with Crippen LogP contribution in [0.1, 0.15) is 28.3 Å². The number of hydrogen-bond acceptors (Lipinski definition) is 7. The molecule has 0 radical (unpaired) electrons. The van der Waals surface area contributed by atoms with Gasteiger partial charge in [-0.25, -0.2) is 4.98 Å². The van der Waals surface area contributed by atoms with Crippen LogP contribution in [0.5, 0.6) is 5.75 Å². The Morgan fingerprint density at radius 1 is 1.12 bits per heavy atom. The van der Waals surface area contributed by atoms with E-state index in [9.17, 15) is 14.7 Å². The van der Waals surface area contributed by atoms with Crippen LogP contribution >= 0.6 is 11.3 Å². The van der Waals surface area contributed by atoms with Gasteiger partial charge in [-0.1, -0.05) is 23.5 Å². The number of benzene rings is 2. The zero-order chi connectivity index (χ0) is 24.0. The Balaban J connectivity index is 1.71. The number of methoxy groups -OCH3 is 1. The summed E-state index contributed by atoms with van der Waals surface area (Å²) in [4.78, 5) is 36.9. The molecule has 4 aromatic rings. The number of nitrogens with zero attached hydrogens (tertiary/aromatic N) is 3. The minimum absolute atomic E-state index is 0.00433. The Hall–Kier alpha value is -4.04. The molecule has 1 aliphatic heterocycles. The maximum Gasteiger partial charge on any atom is 0.301 e. The average molecular weight is 472 g/mol. The highest BCUT2D eigenvalue weighted by atomic mass is 32.1. The number of rotatable bonds is 4. The number of anilines is 1. The number of aryl methyl sites for hydroxylation is 2. The van der Waals surface area contributed by atoms with E-state index >= 15 is 0 Å². The molecule has 1 amide bonds. The molecule has 0 saturated carbocycles. The highest BCUT2D eigenvalue weighted by molar-refractivity contribution is 7.22. The van der Waals surface area contributed by atoms with Crippen LogP contribution in [0.3, 0.4) is 0 Å². The van der Waals surface area contributed by atoms with Gasteiger partial charge in [0.1, 0.15) is 11.5 Å². The van der Waals surface area contributed by atoms with Crippen molar-refractivity contribution in [2.45, 2.75) is 19.9 Å². The third-order valence-corrected chi connectivity index (χ3v) is 6.83. The van der Waals surface area contributed by atoms with Crippen LogP contribution < -0.4 is 9.64 Å². The Kier molecular flexibility index (Phi) is 5.37. The number of amides is 1. The van der Waals surface area contributed by atoms with Gasteiger partial charge in [0.05, 0.1) is 28.9 Å². The van der Waals surface area contributed by atoms with Gasteiger partial charge in [-0.05, 0) is 66.9 Å². The number of carbonyl (C=O) groups excluding carboxylic acids is 2. The number of thiazole rings is 1. The third-order valence-electron chi connectivity index (χ3n) is 5.83. The number of ketones is 1. The molecule has 3 heterocycles. The minimum atomic E-state index is -0.863. The van der Waals surface area contributed by atoms with E-state index < -0.39 is 17.7 Å². The number of aliphatic hydroxyl groups excluding tert-OH is 1. The number of Topliss-reactive ketones (excluding diaryl/α,β-unsaturated/α-hetero) is 1. The summed E-state index contributed by atoms with van der Waals surface area (Å²) < 4.78 is 6.11. The molecular weight excluding hydrogens is 450 g/mol. The SMILES string of the molecule is COc1ccc(C(O)=C2C(=O)C(=O)N(c3nc4c(C)cc(C)cc4s3)C2c2cccnc2)cc1. The fourth-order valence-electron chi connectivity index (χ4n) is 4.25. The molecule has 0 spiro atoms. The molecule has 8 heteroatoms. The molecule has 2 aromatic heterocycles. The quantitative estimate of drug-likeness (QED) is 0.257. The second-order valence-corrected chi connectivity index (χ2v) is 9.12. The van der Waals surface area contributed by atoms with Crippen molar-refractivity contribution in [1.29, 1.82) is 0 Å². The minimum Gasteiger partial charge on any atom is -0.507 e. The van der Waals surface area contributed by atoms with E-state index in [4.69, 9.17) is 9.72 Å². The lowest BCUT2D eigenvalue weighted by Gasteiger charge is -2.22. The standard InChI is InChI=1S/C26H21N3O4S/c1-14-11-15(2)21-19(12-14)34-26(28-21)29-22(17-5-4-10-27-13-17)20(24(31)25(29)32)23(30)16-6-8-18(33-3)9-7-16/h4-13,22,30H,1-3H3. The predicted octanol–water partition coefficient (Wildman–Crippen LogP) is 4.94. The molecule has 1 fully saturated rings. The van der Waals surface area contributed by atoms with Gasteiger partial charge in [0.15, 0.2) is 5.13 Å². The summed E-state index contributed by atoms with van der Waals surface area (Å²) in [5, 5.41) is 11.6. The van der Waals surface area contributed by atoms with E-state index in [1.54, 1.807) is 55.9 Å². The fraction of sp³-hybridized carbons (Fsp3) is 0.154. The van der Waals surface area contributed by atoms with Crippen LogP contribution in [0.25, 0.3) is 16.0 Å². The lowest BCUT2D eigenvalue weighted by Crippen LogP contribution is -2.29. The first-order chi connectivity index (χ1) is 16.4. The molecule has 5 rings (SSSR count). The van der Waals surface area contributed by atoms with E-state index in [0.717, 1.165) is 21.3 Å². The number of pyridine rings is 1. The fourth-order valence-corrected chi connectivity index (χ4v) is 5.42. The molecule has 1 N–H and O–H groups in total. The van der Waals surface area contributed by atoms with Crippen molar-refractivity contribution in [3.8, 4) is 5.75 Å². The van der Waals surface area contributed by atoms with Crippen molar-refractivity contribution in [3.05, 3.63) is 88.8 Å². The highest BCUT2D eigenvalue weighted by Crippen LogP contribution is 2.44. The second kappa shape index (κ2) is 8.39. The van der Waals surface area contributed by atoms with Gasteiger partial charge in [0, 0.05) is 18.0 Å². The summed E-state index contributed by atoms with van der Waals surface area (Å²) in [6.07, 6.45) is 3.20. The lowest BCUT2D eigenvalue weighted by atomic mass is 9.96. The molecule has 7 nitrogen and oxygen atoms in total. The van der Waals surface area contributed by atoms with E-state index in [1.807, 2.05) is 26.0 Å². The Labute approximate surface area is 200 Å². The van der Waals surface area contributed by atoms with Crippen LogP contribution in [0, 0.1) is 13.8 Å². The summed E-state index contributed by atoms with van der Waals surface area (Å²) >= 11 is 1.34. The zero-order valence-electron chi connectivity index (χ0n) is 18.8. The largest absolute Gasteiger partial charge is 0.507 e. The van der Waals surface area contributed by atoms with Gasteiger partial charge in [0.25, 0.3) is 5.78 Å². The molecule has 1 atom stereocenters. The zero-order valence-corrected chi connectivity index (χ0v) is 19.6. The van der Waals surface area contributed by atoms with Gasteiger partial charge in [-0.15, -0.1) is 0 Å². The number of aromatic nitrogens is 2. The molecule has 170 valence electrons. The molecule has 34 heavy (non-hydrogen) atoms. The van der Waals surface area contributed by atoms with Gasteiger partial charge >= 0.3 is 5.91 Å². The van der Waals surface area contributed by atoms with Crippen LogP contribution in [0.4, 0.5) is 5.13 Å². The van der Waals surface area contributed by atoms with E-state index in [0.29, 0.717) is 22.0 Å². The van der Waals surface area contributed by atoms with E-state index in [2.05, 4.69) is 4.98 Å². The van der Waals surface area contributed by atoms with Crippen molar-refractivity contribution >= 4 is 44.1 Å². The molecule has 1 aliphatic rings. The number of ether oxygens (including phenoxy) is 1. The number of aliphatic hydroxyl groups is 1. The first-order valence-corrected chi connectivity index (χ1v) is 11.4. The number of hydrogen-bond donors (Lipinski definition) is 1. The molecule has 0 bridgehead atoms. The van der Waals surface area contributed by atoms with Crippen LogP contribution in [0.15, 0.2) is 66.5 Å². The topological polar surface area (TPSA) is 92.6 Å². The summed E-state index contributed by atoms with van der Waals surface area (Å²) in [5.74, 6) is -1.15. The van der Waals surface area contributed by atoms with Crippen molar-refractivity contribution < 1.29 is 19.4 Å². The summed E-state index contributed by atoms with van der Waals surface area (Å²) in [6, 6.07) is 13.3.